The fourth-order valence-corrected chi connectivity index (χ4v) is 3.42. The van der Waals surface area contributed by atoms with Gasteiger partial charge in [-0.05, 0) is 43.7 Å². The van der Waals surface area contributed by atoms with Gasteiger partial charge in [-0.3, -0.25) is 4.98 Å². The lowest BCUT2D eigenvalue weighted by Crippen LogP contribution is -2.34. The second-order valence-electron chi connectivity index (χ2n) is 4.98. The fraction of sp³-hybridized carbons (Fsp3) is 0.267. The number of nitrogens with zero attached hydrogens (tertiary/aromatic N) is 1. The number of hydrogen-bond donors (Lipinski definition) is 1. The van der Waals surface area contributed by atoms with Crippen LogP contribution in [0.15, 0.2) is 47.5 Å². The van der Waals surface area contributed by atoms with Gasteiger partial charge in [0.15, 0.2) is 0 Å². The van der Waals surface area contributed by atoms with Gasteiger partial charge in [0.05, 0.1) is 0 Å². The molecule has 1 heterocycles. The molecule has 0 amide bonds. The summed E-state index contributed by atoms with van der Waals surface area (Å²) >= 11 is 0. The molecule has 0 radical (unpaired) electrons. The summed E-state index contributed by atoms with van der Waals surface area (Å²) in [5.41, 5.74) is 1.46. The molecule has 0 saturated carbocycles. The Morgan fingerprint density at radius 1 is 1.29 bits per heavy atom. The normalized spacial score (nSPS) is 13.1. The van der Waals surface area contributed by atoms with E-state index in [0.717, 1.165) is 11.8 Å². The van der Waals surface area contributed by atoms with Crippen molar-refractivity contribution in [2.75, 3.05) is 0 Å². The van der Waals surface area contributed by atoms with E-state index >= 15 is 0 Å². The molecule has 4 nitrogen and oxygen atoms in total. The first kappa shape index (κ1) is 15.6. The predicted octanol–water partition coefficient (Wildman–Crippen LogP) is 2.44. The van der Waals surface area contributed by atoms with E-state index in [2.05, 4.69) is 9.71 Å². The Kier molecular flexibility index (Phi) is 4.69. The highest BCUT2D eigenvalue weighted by Crippen LogP contribution is 2.16. The van der Waals surface area contributed by atoms with Crippen molar-refractivity contribution in [1.29, 1.82) is 0 Å². The molecule has 0 aliphatic carbocycles. The molecule has 21 heavy (non-hydrogen) atoms. The van der Waals surface area contributed by atoms with Crippen LogP contribution in [0, 0.1) is 12.7 Å². The number of nitrogens with one attached hydrogen (secondary N) is 1. The lowest BCUT2D eigenvalue weighted by molar-refractivity contribution is 0.541. The maximum Gasteiger partial charge on any atom is 0.243 e. The van der Waals surface area contributed by atoms with Gasteiger partial charge in [-0.2, -0.15) is 0 Å². The zero-order valence-corrected chi connectivity index (χ0v) is 12.7. The molecule has 0 unspecified atom stereocenters. The first-order valence-corrected chi connectivity index (χ1v) is 8.05. The van der Waals surface area contributed by atoms with Crippen molar-refractivity contribution < 1.29 is 12.8 Å². The maximum atomic E-state index is 13.7. The largest absolute Gasteiger partial charge is 0.261 e. The molecular formula is C15H17FN2O2S. The van der Waals surface area contributed by atoms with Gasteiger partial charge in [0.1, 0.15) is 10.7 Å². The molecular weight excluding hydrogens is 291 g/mol. The van der Waals surface area contributed by atoms with Crippen molar-refractivity contribution in [2.45, 2.75) is 31.2 Å². The van der Waals surface area contributed by atoms with Crippen LogP contribution < -0.4 is 4.72 Å². The molecule has 0 aliphatic rings. The van der Waals surface area contributed by atoms with Crippen molar-refractivity contribution >= 4 is 10.0 Å². The first-order chi connectivity index (χ1) is 9.88. The smallest absolute Gasteiger partial charge is 0.243 e. The van der Waals surface area contributed by atoms with Crippen LogP contribution in [0.2, 0.25) is 0 Å². The second kappa shape index (κ2) is 6.32. The lowest BCUT2D eigenvalue weighted by atomic mass is 10.2. The summed E-state index contributed by atoms with van der Waals surface area (Å²) in [4.78, 5) is 3.82. The number of rotatable bonds is 5. The van der Waals surface area contributed by atoms with E-state index < -0.39 is 15.8 Å². The molecule has 0 saturated heterocycles. The quantitative estimate of drug-likeness (QED) is 0.923. The van der Waals surface area contributed by atoms with E-state index in [1.54, 1.807) is 26.1 Å². The molecule has 112 valence electrons. The van der Waals surface area contributed by atoms with E-state index in [9.17, 15) is 12.8 Å². The highest BCUT2D eigenvalue weighted by Gasteiger charge is 2.21. The zero-order valence-electron chi connectivity index (χ0n) is 11.9. The topological polar surface area (TPSA) is 59.1 Å². The average Bonchev–Trinajstić information content (AvgIpc) is 2.41. The average molecular weight is 308 g/mol. The Morgan fingerprint density at radius 2 is 2.05 bits per heavy atom. The third-order valence-corrected chi connectivity index (χ3v) is 4.58. The molecule has 2 aromatic rings. The third kappa shape index (κ3) is 4.09. The van der Waals surface area contributed by atoms with Crippen LogP contribution in [-0.2, 0) is 16.4 Å². The highest BCUT2D eigenvalue weighted by atomic mass is 32.2. The van der Waals surface area contributed by atoms with E-state index in [0.29, 0.717) is 12.0 Å². The van der Waals surface area contributed by atoms with Crippen LogP contribution in [0.25, 0.3) is 0 Å². The van der Waals surface area contributed by atoms with Crippen LogP contribution in [0.3, 0.4) is 0 Å². The van der Waals surface area contributed by atoms with E-state index in [1.807, 2.05) is 12.1 Å². The number of sulfonamides is 1. The summed E-state index contributed by atoms with van der Waals surface area (Å²) < 4.78 is 40.7. The monoisotopic (exact) mass is 308 g/mol. The van der Waals surface area contributed by atoms with Gasteiger partial charge < -0.3 is 0 Å². The number of pyridine rings is 1. The molecule has 0 bridgehead atoms. The zero-order chi connectivity index (χ0) is 15.5. The van der Waals surface area contributed by atoms with Crippen LogP contribution in [-0.4, -0.2) is 19.4 Å². The summed E-state index contributed by atoms with van der Waals surface area (Å²) in [5.74, 6) is -0.752. The molecule has 0 aliphatic heterocycles. The molecule has 0 fully saturated rings. The number of benzene rings is 1. The minimum absolute atomic E-state index is 0.324. The Hall–Kier alpha value is -1.79. The molecule has 2 rings (SSSR count). The van der Waals surface area contributed by atoms with Gasteiger partial charge in [-0.1, -0.05) is 12.1 Å². The second-order valence-corrected chi connectivity index (χ2v) is 6.66. The van der Waals surface area contributed by atoms with Gasteiger partial charge in [-0.15, -0.1) is 0 Å². The Labute approximate surface area is 124 Å². The molecule has 1 aromatic carbocycles. The summed E-state index contributed by atoms with van der Waals surface area (Å²) in [6.45, 7) is 3.44. The van der Waals surface area contributed by atoms with Crippen molar-refractivity contribution in [3.63, 3.8) is 0 Å². The Bertz CT molecular complexity index is 718. The number of aryl methyl sites for hydroxylation is 1. The summed E-state index contributed by atoms with van der Waals surface area (Å²) in [6, 6.07) is 9.08. The summed E-state index contributed by atoms with van der Waals surface area (Å²) in [5, 5.41) is 0. The number of aromatic nitrogens is 1. The Morgan fingerprint density at radius 3 is 2.71 bits per heavy atom. The molecule has 1 aromatic heterocycles. The molecule has 0 spiro atoms. The fourth-order valence-electron chi connectivity index (χ4n) is 2.02. The first-order valence-electron chi connectivity index (χ1n) is 6.57. The van der Waals surface area contributed by atoms with Crippen molar-refractivity contribution in [1.82, 2.24) is 9.71 Å². The standard InChI is InChI=1S/C15H17FN2O2S/c1-11-6-7-14(16)15(9-11)21(19,20)18-12(2)10-13-5-3-4-8-17-13/h3-9,12,18H,10H2,1-2H3/t12-/m0/s1. The summed E-state index contributed by atoms with van der Waals surface area (Å²) in [7, 11) is -3.89. The number of halogens is 1. The molecule has 1 N–H and O–H groups in total. The number of hydrogen-bond acceptors (Lipinski definition) is 3. The van der Waals surface area contributed by atoms with Crippen molar-refractivity contribution in [3.8, 4) is 0 Å². The van der Waals surface area contributed by atoms with Crippen LogP contribution in [0.1, 0.15) is 18.2 Å². The summed E-state index contributed by atoms with van der Waals surface area (Å²) in [6.07, 6.45) is 2.09. The minimum atomic E-state index is -3.89. The minimum Gasteiger partial charge on any atom is -0.261 e. The lowest BCUT2D eigenvalue weighted by Gasteiger charge is -2.14. The predicted molar refractivity (Wildman–Crippen MR) is 78.9 cm³/mol. The van der Waals surface area contributed by atoms with Gasteiger partial charge >= 0.3 is 0 Å². The SMILES string of the molecule is Cc1ccc(F)c(S(=O)(=O)N[C@@H](C)Cc2ccccn2)c1. The maximum absolute atomic E-state index is 13.7. The highest BCUT2D eigenvalue weighted by molar-refractivity contribution is 7.89. The van der Waals surface area contributed by atoms with Crippen molar-refractivity contribution in [3.05, 3.63) is 59.7 Å². The van der Waals surface area contributed by atoms with Gasteiger partial charge in [-0.25, -0.2) is 17.5 Å². The van der Waals surface area contributed by atoms with Gasteiger partial charge in [0.2, 0.25) is 10.0 Å². The van der Waals surface area contributed by atoms with E-state index in [4.69, 9.17) is 0 Å². The molecule has 6 heteroatoms. The van der Waals surface area contributed by atoms with Crippen molar-refractivity contribution in [2.24, 2.45) is 0 Å². The van der Waals surface area contributed by atoms with Gasteiger partial charge in [0.25, 0.3) is 0 Å². The van der Waals surface area contributed by atoms with E-state index in [1.165, 1.54) is 12.1 Å². The van der Waals surface area contributed by atoms with Crippen LogP contribution in [0.4, 0.5) is 4.39 Å². The van der Waals surface area contributed by atoms with Crippen LogP contribution in [0.5, 0.6) is 0 Å². The van der Waals surface area contributed by atoms with Crippen LogP contribution >= 0.6 is 0 Å². The molecule has 1 atom stereocenters. The van der Waals surface area contributed by atoms with E-state index in [-0.39, 0.29) is 10.9 Å². The third-order valence-electron chi connectivity index (χ3n) is 2.97. The van der Waals surface area contributed by atoms with Gasteiger partial charge in [0, 0.05) is 24.4 Å². The Balaban J connectivity index is 2.15.